The van der Waals surface area contributed by atoms with E-state index in [1.807, 2.05) is 0 Å². The SMILES string of the molecule is O=C(O)c1cc(-c2cnccn2)nc2cc(F)ccc12. The molecule has 5 nitrogen and oxygen atoms in total. The highest BCUT2D eigenvalue weighted by molar-refractivity contribution is 6.03. The van der Waals surface area contributed by atoms with Gasteiger partial charge < -0.3 is 5.11 Å². The van der Waals surface area contributed by atoms with Gasteiger partial charge in [0.2, 0.25) is 0 Å². The standard InChI is InChI=1S/C14H8FN3O2/c15-8-1-2-9-10(14(19)20)6-12(18-11(9)5-8)13-7-16-3-4-17-13/h1-7H,(H,19,20). The third-order valence-electron chi connectivity index (χ3n) is 2.83. The van der Waals surface area contributed by atoms with Crippen LogP contribution in [0, 0.1) is 5.82 Å². The highest BCUT2D eigenvalue weighted by Gasteiger charge is 2.14. The third-order valence-corrected chi connectivity index (χ3v) is 2.83. The van der Waals surface area contributed by atoms with Crippen molar-refractivity contribution in [2.75, 3.05) is 0 Å². The van der Waals surface area contributed by atoms with Crippen molar-refractivity contribution in [2.45, 2.75) is 0 Å². The number of hydrogen-bond donors (Lipinski definition) is 1. The Morgan fingerprint density at radius 2 is 2.00 bits per heavy atom. The maximum atomic E-state index is 13.3. The summed E-state index contributed by atoms with van der Waals surface area (Å²) in [6.07, 6.45) is 4.45. The molecule has 0 atom stereocenters. The number of carboxylic acids is 1. The van der Waals surface area contributed by atoms with Crippen LogP contribution in [0.5, 0.6) is 0 Å². The molecule has 0 aliphatic rings. The zero-order valence-electron chi connectivity index (χ0n) is 10.1. The minimum absolute atomic E-state index is 0.0515. The molecule has 1 aromatic carbocycles. The van der Waals surface area contributed by atoms with Gasteiger partial charge in [-0.15, -0.1) is 0 Å². The summed E-state index contributed by atoms with van der Waals surface area (Å²) in [6, 6.07) is 5.22. The first-order valence-electron chi connectivity index (χ1n) is 5.75. The minimum Gasteiger partial charge on any atom is -0.478 e. The van der Waals surface area contributed by atoms with E-state index in [-0.39, 0.29) is 11.1 Å². The molecule has 2 aromatic heterocycles. The molecule has 0 aliphatic heterocycles. The number of carbonyl (C=O) groups is 1. The van der Waals surface area contributed by atoms with E-state index < -0.39 is 11.8 Å². The van der Waals surface area contributed by atoms with Crippen LogP contribution in [0.4, 0.5) is 4.39 Å². The van der Waals surface area contributed by atoms with E-state index in [0.29, 0.717) is 16.8 Å². The van der Waals surface area contributed by atoms with Gasteiger partial charge in [0.25, 0.3) is 0 Å². The summed E-state index contributed by atoms with van der Waals surface area (Å²) in [5, 5.41) is 9.65. The zero-order chi connectivity index (χ0) is 14.1. The third kappa shape index (κ3) is 2.07. The lowest BCUT2D eigenvalue weighted by atomic mass is 10.1. The van der Waals surface area contributed by atoms with Crippen LogP contribution >= 0.6 is 0 Å². The number of carboxylic acid groups (broad SMARTS) is 1. The Bertz CT molecular complexity index is 806. The first kappa shape index (κ1) is 12.2. The van der Waals surface area contributed by atoms with Crippen molar-refractivity contribution in [3.63, 3.8) is 0 Å². The summed E-state index contributed by atoms with van der Waals surface area (Å²) >= 11 is 0. The van der Waals surface area contributed by atoms with E-state index in [4.69, 9.17) is 0 Å². The first-order valence-corrected chi connectivity index (χ1v) is 5.75. The molecule has 0 saturated carbocycles. The molecule has 0 aliphatic carbocycles. The molecule has 0 bridgehead atoms. The van der Waals surface area contributed by atoms with Crippen LogP contribution < -0.4 is 0 Å². The quantitative estimate of drug-likeness (QED) is 0.773. The second-order valence-corrected chi connectivity index (χ2v) is 4.11. The maximum Gasteiger partial charge on any atom is 0.336 e. The van der Waals surface area contributed by atoms with E-state index >= 15 is 0 Å². The lowest BCUT2D eigenvalue weighted by Gasteiger charge is -2.06. The van der Waals surface area contributed by atoms with Crippen molar-refractivity contribution in [1.82, 2.24) is 15.0 Å². The van der Waals surface area contributed by atoms with Gasteiger partial charge in [-0.1, -0.05) is 0 Å². The van der Waals surface area contributed by atoms with Crippen LogP contribution in [-0.2, 0) is 0 Å². The lowest BCUT2D eigenvalue weighted by Crippen LogP contribution is -2.01. The van der Waals surface area contributed by atoms with Crippen molar-refractivity contribution in [1.29, 1.82) is 0 Å². The van der Waals surface area contributed by atoms with Gasteiger partial charge in [0, 0.05) is 23.8 Å². The average Bonchev–Trinajstić information content (AvgIpc) is 2.46. The van der Waals surface area contributed by atoms with E-state index in [1.165, 1.54) is 42.9 Å². The van der Waals surface area contributed by atoms with Crippen molar-refractivity contribution >= 4 is 16.9 Å². The molecule has 0 saturated heterocycles. The molecule has 1 N–H and O–H groups in total. The fourth-order valence-electron chi connectivity index (χ4n) is 1.94. The minimum atomic E-state index is -1.10. The molecule has 0 unspecified atom stereocenters. The number of pyridine rings is 1. The fraction of sp³-hybridized carbons (Fsp3) is 0. The molecule has 0 radical (unpaired) electrons. The van der Waals surface area contributed by atoms with Crippen LogP contribution in [0.3, 0.4) is 0 Å². The number of hydrogen-bond acceptors (Lipinski definition) is 4. The number of rotatable bonds is 2. The Morgan fingerprint density at radius 3 is 2.70 bits per heavy atom. The molecule has 0 spiro atoms. The number of halogens is 1. The van der Waals surface area contributed by atoms with Gasteiger partial charge in [-0.2, -0.15) is 0 Å². The molecule has 2 heterocycles. The predicted octanol–water partition coefficient (Wildman–Crippen LogP) is 2.53. The Morgan fingerprint density at radius 1 is 1.15 bits per heavy atom. The van der Waals surface area contributed by atoms with Crippen molar-refractivity contribution in [3.05, 3.63) is 54.2 Å². The van der Waals surface area contributed by atoms with Gasteiger partial charge in [0.05, 0.1) is 23.0 Å². The largest absolute Gasteiger partial charge is 0.478 e. The zero-order valence-corrected chi connectivity index (χ0v) is 10.1. The normalized spacial score (nSPS) is 10.7. The summed E-state index contributed by atoms with van der Waals surface area (Å²) < 4.78 is 13.3. The van der Waals surface area contributed by atoms with Crippen LogP contribution in [0.25, 0.3) is 22.3 Å². The Kier molecular flexibility index (Phi) is 2.83. The second-order valence-electron chi connectivity index (χ2n) is 4.11. The second kappa shape index (κ2) is 4.65. The number of nitrogens with zero attached hydrogens (tertiary/aromatic N) is 3. The van der Waals surface area contributed by atoms with E-state index in [1.54, 1.807) is 0 Å². The van der Waals surface area contributed by atoms with Gasteiger partial charge in [-0.05, 0) is 18.2 Å². The first-order chi connectivity index (χ1) is 9.65. The summed E-state index contributed by atoms with van der Waals surface area (Å²) in [5.74, 6) is -1.58. The number of aromatic nitrogens is 3. The highest BCUT2D eigenvalue weighted by atomic mass is 19.1. The smallest absolute Gasteiger partial charge is 0.336 e. The van der Waals surface area contributed by atoms with E-state index in [0.717, 1.165) is 0 Å². The van der Waals surface area contributed by atoms with Gasteiger partial charge in [-0.3, -0.25) is 9.97 Å². The predicted molar refractivity (Wildman–Crippen MR) is 69.7 cm³/mol. The Balaban J connectivity index is 2.32. The summed E-state index contributed by atoms with van der Waals surface area (Å²) in [6.45, 7) is 0. The molecular formula is C14H8FN3O2. The average molecular weight is 269 g/mol. The molecule has 0 fully saturated rings. The topological polar surface area (TPSA) is 76.0 Å². The summed E-state index contributed by atoms with van der Waals surface area (Å²) in [5.41, 5.74) is 1.09. The summed E-state index contributed by atoms with van der Waals surface area (Å²) in [7, 11) is 0. The lowest BCUT2D eigenvalue weighted by molar-refractivity contribution is 0.0699. The van der Waals surface area contributed by atoms with Gasteiger partial charge in [0.15, 0.2) is 0 Å². The van der Waals surface area contributed by atoms with Crippen LogP contribution in [0.2, 0.25) is 0 Å². The van der Waals surface area contributed by atoms with Crippen molar-refractivity contribution in [2.24, 2.45) is 0 Å². The molecule has 0 amide bonds. The summed E-state index contributed by atoms with van der Waals surface area (Å²) in [4.78, 5) is 23.5. The van der Waals surface area contributed by atoms with Crippen LogP contribution in [0.1, 0.15) is 10.4 Å². The van der Waals surface area contributed by atoms with E-state index in [2.05, 4.69) is 15.0 Å². The molecule has 3 aromatic rings. The fourth-order valence-corrected chi connectivity index (χ4v) is 1.94. The van der Waals surface area contributed by atoms with Crippen molar-refractivity contribution < 1.29 is 14.3 Å². The molecule has 98 valence electrons. The number of fused-ring (bicyclic) bond motifs is 1. The van der Waals surface area contributed by atoms with Gasteiger partial charge in [0.1, 0.15) is 11.5 Å². The maximum absolute atomic E-state index is 13.3. The Hall–Kier alpha value is -2.89. The van der Waals surface area contributed by atoms with Gasteiger partial charge >= 0.3 is 5.97 Å². The molecular weight excluding hydrogens is 261 g/mol. The van der Waals surface area contributed by atoms with Crippen molar-refractivity contribution in [3.8, 4) is 11.4 Å². The van der Waals surface area contributed by atoms with Gasteiger partial charge in [-0.25, -0.2) is 14.2 Å². The number of benzene rings is 1. The molecule has 3 rings (SSSR count). The number of aromatic carboxylic acids is 1. The highest BCUT2D eigenvalue weighted by Crippen LogP contribution is 2.24. The van der Waals surface area contributed by atoms with Crippen LogP contribution in [-0.4, -0.2) is 26.0 Å². The molecule has 20 heavy (non-hydrogen) atoms. The molecule has 6 heteroatoms. The van der Waals surface area contributed by atoms with Crippen LogP contribution in [0.15, 0.2) is 42.9 Å². The van der Waals surface area contributed by atoms with E-state index in [9.17, 15) is 14.3 Å². The Labute approximate surface area is 112 Å². The monoisotopic (exact) mass is 269 g/mol.